The van der Waals surface area contributed by atoms with E-state index in [2.05, 4.69) is 13.5 Å². The zero-order chi connectivity index (χ0) is 18.3. The van der Waals surface area contributed by atoms with Crippen LogP contribution in [0.2, 0.25) is 0 Å². The Morgan fingerprint density at radius 3 is 2.50 bits per heavy atom. The van der Waals surface area contributed by atoms with Crippen molar-refractivity contribution in [3.8, 4) is 0 Å². The molecule has 0 aromatic rings. The van der Waals surface area contributed by atoms with E-state index in [0.717, 1.165) is 5.75 Å². The molecule has 0 aromatic heterocycles. The van der Waals surface area contributed by atoms with Gasteiger partial charge in [0.1, 0.15) is 0 Å². The van der Waals surface area contributed by atoms with Crippen molar-refractivity contribution in [3.05, 3.63) is 12.7 Å². The number of carboxylic acids is 1. The number of ether oxygens (including phenoxy) is 3. The highest BCUT2D eigenvalue weighted by molar-refractivity contribution is 8.00. The van der Waals surface area contributed by atoms with Crippen molar-refractivity contribution in [2.75, 3.05) is 59.0 Å². The van der Waals surface area contributed by atoms with E-state index in [0.29, 0.717) is 52.5 Å². The second-order valence-electron chi connectivity index (χ2n) is 5.55. The number of nitrogens with two attached hydrogens (primary N) is 1. The summed E-state index contributed by atoms with van der Waals surface area (Å²) in [7, 11) is 1.64. The molecule has 0 fully saturated rings. The predicted octanol–water partition coefficient (Wildman–Crippen LogP) is 1.38. The summed E-state index contributed by atoms with van der Waals surface area (Å²) in [5, 5.41) is 10.4. The number of carboxylic acid groups (broad SMARTS) is 1. The SMILES string of the molecule is C=CC(C)(CN(N)CCOCCOCCOC)SCCCC(=O)O. The number of methoxy groups -OCH3 is 1. The van der Waals surface area contributed by atoms with E-state index < -0.39 is 5.97 Å². The van der Waals surface area contributed by atoms with E-state index >= 15 is 0 Å². The minimum Gasteiger partial charge on any atom is -0.481 e. The average molecular weight is 365 g/mol. The summed E-state index contributed by atoms with van der Waals surface area (Å²) in [6.45, 7) is 9.90. The predicted molar refractivity (Wildman–Crippen MR) is 97.2 cm³/mol. The van der Waals surface area contributed by atoms with Gasteiger partial charge in [0.25, 0.3) is 0 Å². The van der Waals surface area contributed by atoms with Crippen molar-refractivity contribution in [2.45, 2.75) is 24.5 Å². The Hall–Kier alpha value is -0.640. The molecule has 1 atom stereocenters. The van der Waals surface area contributed by atoms with Crippen LogP contribution in [0.5, 0.6) is 0 Å². The fraction of sp³-hybridized carbons (Fsp3) is 0.812. The maximum Gasteiger partial charge on any atom is 0.303 e. The first-order chi connectivity index (χ1) is 11.4. The Labute approximate surface area is 149 Å². The first-order valence-corrected chi connectivity index (χ1v) is 9.05. The summed E-state index contributed by atoms with van der Waals surface area (Å²) >= 11 is 1.67. The minimum atomic E-state index is -0.764. The lowest BCUT2D eigenvalue weighted by atomic mass is 10.1. The summed E-state index contributed by atoms with van der Waals surface area (Å²) in [5.74, 6) is 6.02. The van der Waals surface area contributed by atoms with E-state index in [1.54, 1.807) is 23.9 Å². The Balaban J connectivity index is 3.78. The maximum absolute atomic E-state index is 10.5. The standard InChI is InChI=1S/C16H32N2O5S/c1-4-16(2,24-13-5-6-15(19)20)14-18(17)7-8-22-11-12-23-10-9-21-3/h4H,1,5-14,17H2,2-3H3,(H,19,20). The highest BCUT2D eigenvalue weighted by atomic mass is 32.2. The van der Waals surface area contributed by atoms with Crippen molar-refractivity contribution < 1.29 is 24.1 Å². The first-order valence-electron chi connectivity index (χ1n) is 8.07. The topological polar surface area (TPSA) is 94.3 Å². The lowest BCUT2D eigenvalue weighted by Gasteiger charge is -2.30. The van der Waals surface area contributed by atoms with Gasteiger partial charge in [-0.2, -0.15) is 0 Å². The lowest BCUT2D eigenvalue weighted by Crippen LogP contribution is -2.43. The number of nitrogens with zero attached hydrogens (tertiary/aromatic N) is 1. The third kappa shape index (κ3) is 13.8. The van der Waals surface area contributed by atoms with Crippen molar-refractivity contribution in [1.29, 1.82) is 0 Å². The number of thioether (sulfide) groups is 1. The molecule has 0 saturated carbocycles. The monoisotopic (exact) mass is 364 g/mol. The molecule has 7 nitrogen and oxygen atoms in total. The Bertz CT molecular complexity index is 346. The fourth-order valence-electron chi connectivity index (χ4n) is 1.83. The zero-order valence-electron chi connectivity index (χ0n) is 14.9. The van der Waals surface area contributed by atoms with Crippen LogP contribution in [0, 0.1) is 0 Å². The first kappa shape index (κ1) is 23.4. The quantitative estimate of drug-likeness (QED) is 0.173. The molecule has 0 aliphatic rings. The second kappa shape index (κ2) is 14.7. The van der Waals surface area contributed by atoms with Gasteiger partial charge in [0, 0.05) is 31.4 Å². The number of hydrazine groups is 1. The highest BCUT2D eigenvalue weighted by Gasteiger charge is 2.23. The summed E-state index contributed by atoms with van der Waals surface area (Å²) in [5.41, 5.74) is 0. The van der Waals surface area contributed by atoms with Gasteiger partial charge in [-0.05, 0) is 19.1 Å². The molecule has 24 heavy (non-hydrogen) atoms. The molecule has 0 radical (unpaired) electrons. The van der Waals surface area contributed by atoms with Crippen LogP contribution in [-0.4, -0.2) is 79.8 Å². The molecule has 3 N–H and O–H groups in total. The average Bonchev–Trinajstić information content (AvgIpc) is 2.54. The van der Waals surface area contributed by atoms with Gasteiger partial charge in [0.05, 0.1) is 33.0 Å². The number of rotatable bonds is 17. The molecule has 0 aliphatic carbocycles. The third-order valence-electron chi connectivity index (χ3n) is 3.24. The van der Waals surface area contributed by atoms with Crippen LogP contribution in [0.4, 0.5) is 0 Å². The molecular weight excluding hydrogens is 332 g/mol. The largest absolute Gasteiger partial charge is 0.481 e. The van der Waals surface area contributed by atoms with E-state index in [1.807, 2.05) is 6.08 Å². The number of aliphatic carboxylic acids is 1. The van der Waals surface area contributed by atoms with Crippen LogP contribution in [0.3, 0.4) is 0 Å². The van der Waals surface area contributed by atoms with Crippen molar-refractivity contribution in [2.24, 2.45) is 5.84 Å². The number of carbonyl (C=O) groups is 1. The van der Waals surface area contributed by atoms with Crippen molar-refractivity contribution in [1.82, 2.24) is 5.01 Å². The zero-order valence-corrected chi connectivity index (χ0v) is 15.7. The maximum atomic E-state index is 10.5. The Morgan fingerprint density at radius 1 is 1.29 bits per heavy atom. The molecule has 0 rings (SSSR count). The molecule has 0 spiro atoms. The number of hydrogen-bond donors (Lipinski definition) is 2. The van der Waals surface area contributed by atoms with Gasteiger partial charge < -0.3 is 19.3 Å². The van der Waals surface area contributed by atoms with Gasteiger partial charge in [-0.1, -0.05) is 6.08 Å². The van der Waals surface area contributed by atoms with Gasteiger partial charge in [0.2, 0.25) is 0 Å². The van der Waals surface area contributed by atoms with Gasteiger partial charge >= 0.3 is 5.97 Å². The van der Waals surface area contributed by atoms with E-state index in [1.165, 1.54) is 0 Å². The molecule has 0 aliphatic heterocycles. The fourth-order valence-corrected chi connectivity index (χ4v) is 2.96. The van der Waals surface area contributed by atoms with Gasteiger partial charge in [-0.15, -0.1) is 18.3 Å². The summed E-state index contributed by atoms with van der Waals surface area (Å²) in [6, 6.07) is 0. The molecule has 142 valence electrons. The van der Waals surface area contributed by atoms with Gasteiger partial charge in [-0.25, -0.2) is 5.01 Å². The van der Waals surface area contributed by atoms with Crippen LogP contribution < -0.4 is 5.84 Å². The second-order valence-corrected chi connectivity index (χ2v) is 7.18. The third-order valence-corrected chi connectivity index (χ3v) is 4.69. The normalized spacial score (nSPS) is 13.8. The summed E-state index contributed by atoms with van der Waals surface area (Å²) in [4.78, 5) is 10.5. The van der Waals surface area contributed by atoms with Gasteiger partial charge in [0.15, 0.2) is 0 Å². The van der Waals surface area contributed by atoms with E-state index in [9.17, 15) is 4.79 Å². The van der Waals surface area contributed by atoms with Crippen LogP contribution in [0.1, 0.15) is 19.8 Å². The van der Waals surface area contributed by atoms with Crippen LogP contribution >= 0.6 is 11.8 Å². The van der Waals surface area contributed by atoms with Crippen LogP contribution in [-0.2, 0) is 19.0 Å². The Kier molecular flexibility index (Phi) is 14.3. The molecule has 0 bridgehead atoms. The molecular formula is C16H32N2O5S. The molecule has 0 amide bonds. The van der Waals surface area contributed by atoms with Crippen LogP contribution in [0.15, 0.2) is 12.7 Å². The molecule has 0 heterocycles. The lowest BCUT2D eigenvalue weighted by molar-refractivity contribution is -0.137. The summed E-state index contributed by atoms with van der Waals surface area (Å²) < 4.78 is 15.4. The molecule has 0 saturated heterocycles. The summed E-state index contributed by atoms with van der Waals surface area (Å²) in [6.07, 6.45) is 2.69. The molecule has 8 heteroatoms. The molecule has 0 aromatic carbocycles. The highest BCUT2D eigenvalue weighted by Crippen LogP contribution is 2.27. The van der Waals surface area contributed by atoms with E-state index in [-0.39, 0.29) is 11.2 Å². The van der Waals surface area contributed by atoms with E-state index in [4.69, 9.17) is 25.2 Å². The van der Waals surface area contributed by atoms with Gasteiger partial charge in [-0.3, -0.25) is 10.6 Å². The minimum absolute atomic E-state index is 0.187. The van der Waals surface area contributed by atoms with Crippen LogP contribution in [0.25, 0.3) is 0 Å². The smallest absolute Gasteiger partial charge is 0.303 e. The Morgan fingerprint density at radius 2 is 1.92 bits per heavy atom. The molecule has 1 unspecified atom stereocenters. The van der Waals surface area contributed by atoms with Crippen molar-refractivity contribution in [3.63, 3.8) is 0 Å². The van der Waals surface area contributed by atoms with Crippen molar-refractivity contribution >= 4 is 17.7 Å². The number of hydrogen-bond acceptors (Lipinski definition) is 7.